The van der Waals surface area contributed by atoms with Gasteiger partial charge in [0.25, 0.3) is 0 Å². The predicted molar refractivity (Wildman–Crippen MR) is 83.7 cm³/mol. The van der Waals surface area contributed by atoms with E-state index in [0.717, 1.165) is 44.1 Å². The van der Waals surface area contributed by atoms with Crippen molar-refractivity contribution in [2.45, 2.75) is 25.9 Å². The molecular formula is C14H25N5O2. The van der Waals surface area contributed by atoms with Gasteiger partial charge in [-0.15, -0.1) is 0 Å². The molecule has 1 aliphatic heterocycles. The van der Waals surface area contributed by atoms with Gasteiger partial charge in [0.05, 0.1) is 19.3 Å². The van der Waals surface area contributed by atoms with Crippen molar-refractivity contribution in [1.29, 1.82) is 0 Å². The van der Waals surface area contributed by atoms with E-state index in [2.05, 4.69) is 27.1 Å². The number of hydrogen-bond acceptors (Lipinski definition) is 7. The van der Waals surface area contributed by atoms with Gasteiger partial charge in [0.1, 0.15) is 11.6 Å². The second kappa shape index (κ2) is 7.99. The molecule has 1 aliphatic rings. The Balaban J connectivity index is 2.04. The van der Waals surface area contributed by atoms with E-state index in [1.54, 1.807) is 7.11 Å². The third kappa shape index (κ3) is 4.71. The van der Waals surface area contributed by atoms with Crippen LogP contribution < -0.4 is 16.0 Å². The summed E-state index contributed by atoms with van der Waals surface area (Å²) < 4.78 is 10.8. The van der Waals surface area contributed by atoms with Crippen molar-refractivity contribution in [3.8, 4) is 0 Å². The van der Waals surface area contributed by atoms with Gasteiger partial charge in [-0.05, 0) is 6.42 Å². The first-order chi connectivity index (χ1) is 10.2. The molecule has 0 aliphatic carbocycles. The van der Waals surface area contributed by atoms with Crippen molar-refractivity contribution in [2.24, 2.45) is 0 Å². The molecule has 1 unspecified atom stereocenters. The van der Waals surface area contributed by atoms with Gasteiger partial charge in [0.2, 0.25) is 5.95 Å². The Morgan fingerprint density at radius 3 is 3.14 bits per heavy atom. The van der Waals surface area contributed by atoms with Crippen LogP contribution in [0.25, 0.3) is 0 Å². The van der Waals surface area contributed by atoms with Crippen LogP contribution in [0.4, 0.5) is 17.6 Å². The topological polar surface area (TPSA) is 85.5 Å². The molecule has 0 amide bonds. The molecule has 2 rings (SSSR count). The fourth-order valence-corrected chi connectivity index (χ4v) is 2.31. The molecule has 21 heavy (non-hydrogen) atoms. The average molecular weight is 295 g/mol. The van der Waals surface area contributed by atoms with Crippen molar-refractivity contribution in [1.82, 2.24) is 9.97 Å². The lowest BCUT2D eigenvalue weighted by atomic mass is 10.3. The molecule has 0 radical (unpaired) electrons. The highest BCUT2D eigenvalue weighted by Gasteiger charge is 2.22. The SMILES string of the molecule is CCCCNc1cc(N2CCOC(COC)C2)nc(N)n1. The van der Waals surface area contributed by atoms with E-state index in [1.807, 2.05) is 6.07 Å². The third-order valence-electron chi connectivity index (χ3n) is 3.38. The fourth-order valence-electron chi connectivity index (χ4n) is 2.31. The molecule has 1 aromatic heterocycles. The number of anilines is 3. The summed E-state index contributed by atoms with van der Waals surface area (Å²) in [6.45, 7) is 5.84. The Bertz CT molecular complexity index is 441. The van der Waals surface area contributed by atoms with Crippen LogP contribution in [0.2, 0.25) is 0 Å². The van der Waals surface area contributed by atoms with Crippen LogP contribution >= 0.6 is 0 Å². The minimum Gasteiger partial charge on any atom is -0.382 e. The molecule has 1 fully saturated rings. The maximum Gasteiger partial charge on any atom is 0.223 e. The molecule has 2 heterocycles. The molecule has 118 valence electrons. The average Bonchev–Trinajstić information content (AvgIpc) is 2.48. The number of nitrogens with one attached hydrogen (secondary N) is 1. The summed E-state index contributed by atoms with van der Waals surface area (Å²) in [5.41, 5.74) is 5.82. The quantitative estimate of drug-likeness (QED) is 0.729. The van der Waals surface area contributed by atoms with Gasteiger partial charge >= 0.3 is 0 Å². The number of nitrogen functional groups attached to an aromatic ring is 1. The van der Waals surface area contributed by atoms with E-state index in [0.29, 0.717) is 19.2 Å². The second-order valence-electron chi connectivity index (χ2n) is 5.14. The molecule has 7 heteroatoms. The van der Waals surface area contributed by atoms with E-state index in [4.69, 9.17) is 15.2 Å². The summed E-state index contributed by atoms with van der Waals surface area (Å²) in [5, 5.41) is 3.29. The van der Waals surface area contributed by atoms with Gasteiger partial charge < -0.3 is 25.4 Å². The van der Waals surface area contributed by atoms with Crippen molar-refractivity contribution in [3.63, 3.8) is 0 Å². The number of methoxy groups -OCH3 is 1. The fraction of sp³-hybridized carbons (Fsp3) is 0.714. The number of rotatable bonds is 7. The maximum absolute atomic E-state index is 5.82. The van der Waals surface area contributed by atoms with Crippen LogP contribution in [-0.2, 0) is 9.47 Å². The zero-order valence-corrected chi connectivity index (χ0v) is 12.8. The lowest BCUT2D eigenvalue weighted by Crippen LogP contribution is -2.44. The van der Waals surface area contributed by atoms with Gasteiger partial charge in [-0.1, -0.05) is 13.3 Å². The van der Waals surface area contributed by atoms with Crippen molar-refractivity contribution in [3.05, 3.63) is 6.07 Å². The minimum absolute atomic E-state index is 0.0661. The van der Waals surface area contributed by atoms with Gasteiger partial charge in [-0.3, -0.25) is 0 Å². The van der Waals surface area contributed by atoms with Gasteiger partial charge in [-0.2, -0.15) is 9.97 Å². The van der Waals surface area contributed by atoms with E-state index in [-0.39, 0.29) is 6.10 Å². The summed E-state index contributed by atoms with van der Waals surface area (Å²) in [6.07, 6.45) is 2.31. The van der Waals surface area contributed by atoms with E-state index in [9.17, 15) is 0 Å². The van der Waals surface area contributed by atoms with Crippen molar-refractivity contribution >= 4 is 17.6 Å². The summed E-state index contributed by atoms with van der Waals surface area (Å²) in [7, 11) is 1.68. The molecule has 0 aromatic carbocycles. The molecular weight excluding hydrogens is 270 g/mol. The Morgan fingerprint density at radius 1 is 1.52 bits per heavy atom. The minimum atomic E-state index is 0.0661. The van der Waals surface area contributed by atoms with Crippen molar-refractivity contribution < 1.29 is 9.47 Å². The van der Waals surface area contributed by atoms with Crippen LogP contribution in [0.3, 0.4) is 0 Å². The van der Waals surface area contributed by atoms with Gasteiger partial charge in [0, 0.05) is 32.8 Å². The van der Waals surface area contributed by atoms with Crippen LogP contribution in [0, 0.1) is 0 Å². The Kier molecular flexibility index (Phi) is 6.01. The van der Waals surface area contributed by atoms with Crippen LogP contribution in [0.1, 0.15) is 19.8 Å². The van der Waals surface area contributed by atoms with E-state index < -0.39 is 0 Å². The van der Waals surface area contributed by atoms with E-state index in [1.165, 1.54) is 0 Å². The summed E-state index contributed by atoms with van der Waals surface area (Å²) in [6, 6.07) is 1.95. The number of hydrogen-bond donors (Lipinski definition) is 2. The van der Waals surface area contributed by atoms with Gasteiger partial charge in [0.15, 0.2) is 0 Å². The number of unbranched alkanes of at least 4 members (excludes halogenated alkanes) is 1. The first kappa shape index (κ1) is 15.8. The molecule has 1 atom stereocenters. The molecule has 7 nitrogen and oxygen atoms in total. The zero-order chi connectivity index (χ0) is 15.1. The maximum atomic E-state index is 5.82. The predicted octanol–water partition coefficient (Wildman–Crippen LogP) is 1.12. The molecule has 0 saturated carbocycles. The lowest BCUT2D eigenvalue weighted by Gasteiger charge is -2.33. The normalized spacial score (nSPS) is 18.8. The molecule has 1 aromatic rings. The molecule has 1 saturated heterocycles. The Morgan fingerprint density at radius 2 is 2.38 bits per heavy atom. The molecule has 3 N–H and O–H groups in total. The van der Waals surface area contributed by atoms with Crippen LogP contribution in [0.5, 0.6) is 0 Å². The smallest absolute Gasteiger partial charge is 0.223 e. The molecule has 0 bridgehead atoms. The number of nitrogens with two attached hydrogens (primary N) is 1. The second-order valence-corrected chi connectivity index (χ2v) is 5.14. The standard InChI is InChI=1S/C14H25N5O2/c1-3-4-5-16-12-8-13(18-14(15)17-12)19-6-7-21-11(9-19)10-20-2/h8,11H,3-7,9-10H2,1-2H3,(H3,15,16,17,18). The van der Waals surface area contributed by atoms with E-state index >= 15 is 0 Å². The number of ether oxygens (including phenoxy) is 2. The largest absolute Gasteiger partial charge is 0.382 e. The first-order valence-corrected chi connectivity index (χ1v) is 7.46. The number of aromatic nitrogens is 2. The highest BCUT2D eigenvalue weighted by molar-refractivity contribution is 5.52. The number of nitrogens with zero attached hydrogens (tertiary/aromatic N) is 3. The summed E-state index contributed by atoms with van der Waals surface area (Å²) >= 11 is 0. The third-order valence-corrected chi connectivity index (χ3v) is 3.38. The highest BCUT2D eigenvalue weighted by Crippen LogP contribution is 2.19. The number of morpholine rings is 1. The van der Waals surface area contributed by atoms with Gasteiger partial charge in [-0.25, -0.2) is 0 Å². The Hall–Kier alpha value is -1.60. The van der Waals surface area contributed by atoms with Crippen LogP contribution in [0.15, 0.2) is 6.07 Å². The summed E-state index contributed by atoms with van der Waals surface area (Å²) in [4.78, 5) is 10.7. The molecule has 0 spiro atoms. The summed E-state index contributed by atoms with van der Waals surface area (Å²) in [5.74, 6) is 1.91. The Labute approximate surface area is 125 Å². The zero-order valence-electron chi connectivity index (χ0n) is 12.8. The monoisotopic (exact) mass is 295 g/mol. The highest BCUT2D eigenvalue weighted by atomic mass is 16.5. The van der Waals surface area contributed by atoms with Crippen molar-refractivity contribution in [2.75, 3.05) is 55.9 Å². The first-order valence-electron chi connectivity index (χ1n) is 7.46. The lowest BCUT2D eigenvalue weighted by molar-refractivity contribution is -0.0102. The van der Waals surface area contributed by atoms with Crippen LogP contribution in [-0.4, -0.2) is 56.0 Å².